The van der Waals surface area contributed by atoms with Crippen LogP contribution in [-0.2, 0) is 13.5 Å². The Kier molecular flexibility index (Phi) is 4.44. The lowest BCUT2D eigenvalue weighted by molar-refractivity contribution is 0.390. The van der Waals surface area contributed by atoms with Crippen molar-refractivity contribution in [1.82, 2.24) is 24.5 Å². The lowest BCUT2D eigenvalue weighted by Gasteiger charge is -2.24. The molecule has 1 fully saturated rings. The second kappa shape index (κ2) is 6.88. The molecule has 6 nitrogen and oxygen atoms in total. The van der Waals surface area contributed by atoms with Crippen LogP contribution in [0.5, 0.6) is 0 Å². The smallest absolute Gasteiger partial charge is 0.161 e. The molecule has 0 bridgehead atoms. The number of fused-ring (bicyclic) bond motifs is 1. The molecule has 0 saturated carbocycles. The number of hydrogen-bond acceptors (Lipinski definition) is 4. The summed E-state index contributed by atoms with van der Waals surface area (Å²) in [5, 5.41) is 11.4. The van der Waals surface area contributed by atoms with Gasteiger partial charge < -0.3 is 10.6 Å². The summed E-state index contributed by atoms with van der Waals surface area (Å²) in [6.45, 7) is 5.48. The molecule has 1 aliphatic rings. The molecule has 2 N–H and O–H groups in total. The van der Waals surface area contributed by atoms with Crippen LogP contribution < -0.4 is 10.6 Å². The fraction of sp³-hybridized carbons (Fsp3) is 0.474. The highest BCUT2D eigenvalue weighted by atomic mass is 15.2. The molecular weight excluding hydrogens is 312 g/mol. The van der Waals surface area contributed by atoms with Gasteiger partial charge in [-0.05, 0) is 49.9 Å². The van der Waals surface area contributed by atoms with Gasteiger partial charge in [-0.3, -0.25) is 9.08 Å². The highest BCUT2D eigenvalue weighted by Gasteiger charge is 2.16. The third-order valence-electron chi connectivity index (χ3n) is 5.17. The van der Waals surface area contributed by atoms with Crippen LogP contribution in [-0.4, -0.2) is 38.8 Å². The summed E-state index contributed by atoms with van der Waals surface area (Å²) in [6, 6.07) is 2.21. The summed E-state index contributed by atoms with van der Waals surface area (Å²) < 4.78 is 3.99. The van der Waals surface area contributed by atoms with Gasteiger partial charge >= 0.3 is 0 Å². The number of nitrogens with zero attached hydrogens (tertiary/aromatic N) is 4. The van der Waals surface area contributed by atoms with E-state index in [1.54, 1.807) is 0 Å². The summed E-state index contributed by atoms with van der Waals surface area (Å²) in [5.41, 5.74) is 5.68. The molecule has 4 rings (SSSR count). The Morgan fingerprint density at radius 3 is 2.84 bits per heavy atom. The van der Waals surface area contributed by atoms with Gasteiger partial charge in [0.15, 0.2) is 5.65 Å². The monoisotopic (exact) mass is 338 g/mol. The van der Waals surface area contributed by atoms with Crippen molar-refractivity contribution in [1.29, 1.82) is 0 Å². The molecule has 0 aromatic carbocycles. The molecule has 6 heteroatoms. The van der Waals surface area contributed by atoms with Gasteiger partial charge in [0, 0.05) is 31.5 Å². The Morgan fingerprint density at radius 2 is 2.12 bits per heavy atom. The second-order valence-electron chi connectivity index (χ2n) is 6.88. The Balaban J connectivity index is 1.67. The first-order valence-electron chi connectivity index (χ1n) is 9.18. The van der Waals surface area contributed by atoms with E-state index in [-0.39, 0.29) is 0 Å². The third-order valence-corrected chi connectivity index (χ3v) is 5.17. The van der Waals surface area contributed by atoms with Crippen molar-refractivity contribution < 1.29 is 0 Å². The van der Waals surface area contributed by atoms with E-state index < -0.39 is 0 Å². The van der Waals surface area contributed by atoms with Crippen LogP contribution >= 0.6 is 0 Å². The van der Waals surface area contributed by atoms with Gasteiger partial charge in [0.2, 0.25) is 0 Å². The van der Waals surface area contributed by atoms with Crippen molar-refractivity contribution in [2.45, 2.75) is 26.2 Å². The van der Waals surface area contributed by atoms with Crippen molar-refractivity contribution in [3.05, 3.63) is 36.4 Å². The quantitative estimate of drug-likeness (QED) is 0.751. The normalized spacial score (nSPS) is 15.8. The van der Waals surface area contributed by atoms with E-state index in [1.807, 2.05) is 30.3 Å². The first-order chi connectivity index (χ1) is 12.3. The van der Waals surface area contributed by atoms with Gasteiger partial charge in [-0.1, -0.05) is 6.92 Å². The predicted molar refractivity (Wildman–Crippen MR) is 101 cm³/mol. The first-order valence-corrected chi connectivity index (χ1v) is 9.18. The van der Waals surface area contributed by atoms with Crippen LogP contribution in [0.25, 0.3) is 16.9 Å². The number of nitrogens with one attached hydrogen (secondary N) is 2. The van der Waals surface area contributed by atoms with E-state index in [9.17, 15) is 0 Å². The van der Waals surface area contributed by atoms with Crippen molar-refractivity contribution >= 4 is 11.3 Å². The van der Waals surface area contributed by atoms with Crippen molar-refractivity contribution in [3.63, 3.8) is 0 Å². The minimum absolute atomic E-state index is 0.735. The van der Waals surface area contributed by atoms with E-state index in [4.69, 9.17) is 4.98 Å². The maximum atomic E-state index is 4.73. The van der Waals surface area contributed by atoms with Crippen LogP contribution in [0.2, 0.25) is 0 Å². The fourth-order valence-corrected chi connectivity index (χ4v) is 3.67. The average molecular weight is 338 g/mol. The maximum Gasteiger partial charge on any atom is 0.161 e. The Bertz CT molecular complexity index is 856. The Hall–Kier alpha value is -2.34. The number of imidazole rings is 1. The van der Waals surface area contributed by atoms with Crippen LogP contribution in [0.15, 0.2) is 30.9 Å². The highest BCUT2D eigenvalue weighted by Crippen LogP contribution is 2.28. The molecule has 3 aromatic heterocycles. The van der Waals surface area contributed by atoms with E-state index in [1.165, 1.54) is 24.1 Å². The highest BCUT2D eigenvalue weighted by molar-refractivity contribution is 5.76. The standard InChI is InChI=1S/C19H26N6/c1-3-15-6-9-25-17(16-11-23-24(2)13-16)12-22-19(25)18(15)21-10-14-4-7-20-8-5-14/h6,9,11-14,20-21H,3-5,7-8,10H2,1-2H3. The molecule has 0 unspecified atom stereocenters. The topological polar surface area (TPSA) is 59.2 Å². The predicted octanol–water partition coefficient (Wildman–Crippen LogP) is 2.71. The first kappa shape index (κ1) is 16.1. The molecule has 25 heavy (non-hydrogen) atoms. The summed E-state index contributed by atoms with van der Waals surface area (Å²) in [7, 11) is 1.94. The average Bonchev–Trinajstić information content (AvgIpc) is 3.26. The molecule has 1 aliphatic heterocycles. The second-order valence-corrected chi connectivity index (χ2v) is 6.88. The van der Waals surface area contributed by atoms with Crippen molar-refractivity contribution in [2.75, 3.05) is 25.0 Å². The van der Waals surface area contributed by atoms with Crippen molar-refractivity contribution in [3.8, 4) is 11.3 Å². The van der Waals surface area contributed by atoms with Gasteiger partial charge in [-0.15, -0.1) is 0 Å². The number of anilines is 1. The number of pyridine rings is 1. The molecule has 0 amide bonds. The molecule has 0 spiro atoms. The molecule has 0 radical (unpaired) electrons. The molecule has 0 atom stereocenters. The number of hydrogen-bond donors (Lipinski definition) is 2. The zero-order valence-corrected chi connectivity index (χ0v) is 15.0. The van der Waals surface area contributed by atoms with Gasteiger partial charge in [0.25, 0.3) is 0 Å². The lowest BCUT2D eigenvalue weighted by Crippen LogP contribution is -2.31. The zero-order valence-electron chi connectivity index (χ0n) is 15.0. The SMILES string of the molecule is CCc1ccn2c(-c3cnn(C)c3)cnc2c1NCC1CCNCC1. The lowest BCUT2D eigenvalue weighted by atomic mass is 9.98. The summed E-state index contributed by atoms with van der Waals surface area (Å²) in [4.78, 5) is 4.73. The van der Waals surface area contributed by atoms with Crippen LogP contribution in [0.1, 0.15) is 25.3 Å². The van der Waals surface area contributed by atoms with E-state index >= 15 is 0 Å². The molecular formula is C19H26N6. The zero-order chi connectivity index (χ0) is 17.2. The summed E-state index contributed by atoms with van der Waals surface area (Å²) >= 11 is 0. The van der Waals surface area contributed by atoms with E-state index in [0.717, 1.165) is 48.9 Å². The van der Waals surface area contributed by atoms with Crippen LogP contribution in [0.3, 0.4) is 0 Å². The maximum absolute atomic E-state index is 4.73. The van der Waals surface area contributed by atoms with Crippen molar-refractivity contribution in [2.24, 2.45) is 13.0 Å². The van der Waals surface area contributed by atoms with Crippen LogP contribution in [0, 0.1) is 5.92 Å². The van der Waals surface area contributed by atoms with E-state index in [0.29, 0.717) is 0 Å². The number of rotatable bonds is 5. The van der Waals surface area contributed by atoms with Gasteiger partial charge in [0.05, 0.1) is 23.8 Å². The molecule has 1 saturated heterocycles. The molecule has 3 aromatic rings. The summed E-state index contributed by atoms with van der Waals surface area (Å²) in [5.74, 6) is 0.735. The largest absolute Gasteiger partial charge is 0.382 e. The van der Waals surface area contributed by atoms with E-state index in [2.05, 4.69) is 39.3 Å². The number of aryl methyl sites for hydroxylation is 2. The van der Waals surface area contributed by atoms with Gasteiger partial charge in [-0.25, -0.2) is 4.98 Å². The van der Waals surface area contributed by atoms with Gasteiger partial charge in [-0.2, -0.15) is 5.10 Å². The molecule has 4 heterocycles. The Morgan fingerprint density at radius 1 is 1.28 bits per heavy atom. The third kappa shape index (κ3) is 3.14. The number of piperidine rings is 1. The molecule has 132 valence electrons. The summed E-state index contributed by atoms with van der Waals surface area (Å²) in [6.07, 6.45) is 11.5. The minimum atomic E-state index is 0.735. The minimum Gasteiger partial charge on any atom is -0.382 e. The Labute approximate surface area is 148 Å². The molecule has 0 aliphatic carbocycles. The fourth-order valence-electron chi connectivity index (χ4n) is 3.67. The van der Waals surface area contributed by atoms with Gasteiger partial charge in [0.1, 0.15) is 0 Å². The number of aromatic nitrogens is 4. The van der Waals surface area contributed by atoms with Crippen LogP contribution in [0.4, 0.5) is 5.69 Å².